The van der Waals surface area contributed by atoms with Crippen LogP contribution < -0.4 is 5.43 Å². The summed E-state index contributed by atoms with van der Waals surface area (Å²) in [5, 5.41) is 12.3. The van der Waals surface area contributed by atoms with Gasteiger partial charge in [0.1, 0.15) is 17.2 Å². The van der Waals surface area contributed by atoms with E-state index in [0.29, 0.717) is 11.3 Å². The summed E-state index contributed by atoms with van der Waals surface area (Å²) in [4.78, 5) is 10.8. The molecule has 1 heterocycles. The Labute approximate surface area is 153 Å². The molecule has 144 valence electrons. The number of carboxylic acid groups (broad SMARTS) is 1. The van der Waals surface area contributed by atoms with Crippen molar-refractivity contribution in [2.24, 2.45) is 5.10 Å². The number of halogens is 5. The fraction of sp³-hybridized carbons (Fsp3) is 0. The van der Waals surface area contributed by atoms with E-state index in [0.717, 1.165) is 6.21 Å². The Hall–Kier alpha value is -3.69. The minimum absolute atomic E-state index is 0.0871. The maximum Gasteiger partial charge on any atom is 0.335 e. The number of hydrogen-bond acceptors (Lipinski definition) is 4. The second-order valence-corrected chi connectivity index (χ2v) is 5.40. The molecular weight excluding hydrogens is 387 g/mol. The number of benzene rings is 2. The van der Waals surface area contributed by atoms with Crippen LogP contribution in [0.25, 0.3) is 11.3 Å². The van der Waals surface area contributed by atoms with E-state index in [2.05, 4.69) is 5.10 Å². The highest BCUT2D eigenvalue weighted by Crippen LogP contribution is 2.27. The normalized spacial score (nSPS) is 11.2. The average Bonchev–Trinajstić information content (AvgIpc) is 3.16. The van der Waals surface area contributed by atoms with Crippen molar-refractivity contribution in [3.8, 4) is 11.3 Å². The molecule has 0 saturated heterocycles. The molecule has 0 bridgehead atoms. The van der Waals surface area contributed by atoms with E-state index in [1.165, 1.54) is 36.4 Å². The molecule has 2 aromatic carbocycles. The van der Waals surface area contributed by atoms with Gasteiger partial charge in [0.05, 0.1) is 11.8 Å². The second kappa shape index (κ2) is 7.51. The lowest BCUT2D eigenvalue weighted by atomic mass is 10.1. The minimum atomic E-state index is -2.27. The third-order valence-electron chi connectivity index (χ3n) is 3.62. The molecule has 0 spiro atoms. The molecule has 0 radical (unpaired) electrons. The Morgan fingerprint density at radius 1 is 0.893 bits per heavy atom. The molecule has 0 unspecified atom stereocenters. The first-order valence-corrected chi connectivity index (χ1v) is 7.53. The smallest absolute Gasteiger partial charge is 0.335 e. The lowest BCUT2D eigenvalue weighted by Gasteiger charge is -2.06. The van der Waals surface area contributed by atoms with Crippen molar-refractivity contribution in [2.45, 2.75) is 0 Å². The van der Waals surface area contributed by atoms with E-state index in [1.807, 2.05) is 0 Å². The zero-order valence-corrected chi connectivity index (χ0v) is 13.6. The quantitative estimate of drug-likeness (QED) is 0.214. The van der Waals surface area contributed by atoms with Gasteiger partial charge in [-0.2, -0.15) is 5.10 Å². The van der Waals surface area contributed by atoms with Crippen LogP contribution in [0.2, 0.25) is 0 Å². The Morgan fingerprint density at radius 2 is 1.46 bits per heavy atom. The van der Waals surface area contributed by atoms with Crippen molar-refractivity contribution >= 4 is 17.9 Å². The Balaban J connectivity index is 1.77. The highest BCUT2D eigenvalue weighted by molar-refractivity contribution is 5.88. The summed E-state index contributed by atoms with van der Waals surface area (Å²) in [7, 11) is 0. The standard InChI is InChI=1S/C18H9F5N2O3/c19-12-13(20)15(22)17(16(23)14(12)21)25-24-7-10-5-6-11(28-10)8-1-3-9(4-2-8)18(26)27/h1-7,25H,(H,26,27)/b24-7-. The van der Waals surface area contributed by atoms with Crippen LogP contribution >= 0.6 is 0 Å². The van der Waals surface area contributed by atoms with Crippen molar-refractivity contribution in [3.05, 3.63) is 76.8 Å². The Kier molecular flexibility index (Phi) is 5.12. The van der Waals surface area contributed by atoms with E-state index in [-0.39, 0.29) is 11.3 Å². The van der Waals surface area contributed by atoms with Crippen LogP contribution in [0, 0.1) is 29.1 Å². The summed E-state index contributed by atoms with van der Waals surface area (Å²) in [6.07, 6.45) is 0.965. The fourth-order valence-corrected chi connectivity index (χ4v) is 2.22. The molecular formula is C18H9F5N2O3. The lowest BCUT2D eigenvalue weighted by molar-refractivity contribution is 0.0697. The van der Waals surface area contributed by atoms with Crippen LogP contribution in [0.1, 0.15) is 16.1 Å². The predicted molar refractivity (Wildman–Crippen MR) is 88.6 cm³/mol. The first kappa shape index (κ1) is 19.1. The van der Waals surface area contributed by atoms with Gasteiger partial charge >= 0.3 is 5.97 Å². The maximum atomic E-state index is 13.5. The summed E-state index contributed by atoms with van der Waals surface area (Å²) >= 11 is 0. The van der Waals surface area contributed by atoms with Crippen LogP contribution in [-0.2, 0) is 0 Å². The highest BCUT2D eigenvalue weighted by Gasteiger charge is 2.25. The molecule has 28 heavy (non-hydrogen) atoms. The number of furan rings is 1. The van der Waals surface area contributed by atoms with Gasteiger partial charge in [0.2, 0.25) is 5.82 Å². The zero-order valence-electron chi connectivity index (χ0n) is 13.6. The number of nitrogens with zero attached hydrogens (tertiary/aromatic N) is 1. The highest BCUT2D eigenvalue weighted by atomic mass is 19.2. The van der Waals surface area contributed by atoms with Crippen LogP contribution in [0.15, 0.2) is 45.9 Å². The minimum Gasteiger partial charge on any atom is -0.478 e. The number of nitrogens with one attached hydrogen (secondary N) is 1. The molecule has 5 nitrogen and oxygen atoms in total. The van der Waals surface area contributed by atoms with Gasteiger partial charge in [-0.1, -0.05) is 12.1 Å². The van der Waals surface area contributed by atoms with Gasteiger partial charge in [0.25, 0.3) is 0 Å². The molecule has 3 rings (SSSR count). The third kappa shape index (κ3) is 3.56. The molecule has 10 heteroatoms. The summed E-state index contributed by atoms with van der Waals surface area (Å²) in [6, 6.07) is 8.73. The molecule has 3 aromatic rings. The number of hydrogen-bond donors (Lipinski definition) is 2. The van der Waals surface area contributed by atoms with E-state index in [9.17, 15) is 26.7 Å². The third-order valence-corrected chi connectivity index (χ3v) is 3.62. The van der Waals surface area contributed by atoms with Gasteiger partial charge in [-0.3, -0.25) is 5.43 Å². The summed E-state index contributed by atoms with van der Waals surface area (Å²) in [5.41, 5.74) is 1.09. The Morgan fingerprint density at radius 3 is 2.04 bits per heavy atom. The van der Waals surface area contributed by atoms with Crippen molar-refractivity contribution in [3.63, 3.8) is 0 Å². The second-order valence-electron chi connectivity index (χ2n) is 5.40. The fourth-order valence-electron chi connectivity index (χ4n) is 2.22. The number of aromatic carboxylic acids is 1. The van der Waals surface area contributed by atoms with E-state index >= 15 is 0 Å². The van der Waals surface area contributed by atoms with Crippen LogP contribution in [0.5, 0.6) is 0 Å². The van der Waals surface area contributed by atoms with Crippen LogP contribution in [0.4, 0.5) is 27.6 Å². The average molecular weight is 396 g/mol. The topological polar surface area (TPSA) is 74.8 Å². The predicted octanol–water partition coefficient (Wildman–Crippen LogP) is 4.79. The maximum absolute atomic E-state index is 13.5. The molecule has 2 N–H and O–H groups in total. The molecule has 0 amide bonds. The molecule has 0 aliphatic heterocycles. The van der Waals surface area contributed by atoms with E-state index in [1.54, 1.807) is 5.43 Å². The van der Waals surface area contributed by atoms with Gasteiger partial charge in [-0.05, 0) is 24.3 Å². The van der Waals surface area contributed by atoms with Gasteiger partial charge < -0.3 is 9.52 Å². The summed E-state index contributed by atoms with van der Waals surface area (Å²) in [5.74, 6) is -11.2. The number of anilines is 1. The molecule has 0 fully saturated rings. The van der Waals surface area contributed by atoms with Crippen LogP contribution in [-0.4, -0.2) is 17.3 Å². The number of hydrazone groups is 1. The Bertz CT molecular complexity index is 1050. The first-order valence-electron chi connectivity index (χ1n) is 7.53. The molecule has 0 saturated carbocycles. The van der Waals surface area contributed by atoms with Gasteiger partial charge in [-0.25, -0.2) is 26.7 Å². The zero-order chi connectivity index (χ0) is 20.4. The molecule has 0 atom stereocenters. The molecule has 0 aliphatic carbocycles. The number of carboxylic acids is 1. The lowest BCUT2D eigenvalue weighted by Crippen LogP contribution is -2.06. The molecule has 1 aromatic heterocycles. The monoisotopic (exact) mass is 396 g/mol. The van der Waals surface area contributed by atoms with Gasteiger partial charge in [0.15, 0.2) is 23.3 Å². The van der Waals surface area contributed by atoms with Crippen LogP contribution in [0.3, 0.4) is 0 Å². The summed E-state index contributed by atoms with van der Waals surface area (Å²) < 4.78 is 71.6. The van der Waals surface area contributed by atoms with Crippen molar-refractivity contribution in [1.29, 1.82) is 0 Å². The van der Waals surface area contributed by atoms with Gasteiger partial charge in [0, 0.05) is 5.56 Å². The van der Waals surface area contributed by atoms with E-state index in [4.69, 9.17) is 9.52 Å². The number of rotatable bonds is 5. The van der Waals surface area contributed by atoms with Crippen molar-refractivity contribution < 1.29 is 36.3 Å². The van der Waals surface area contributed by atoms with Crippen molar-refractivity contribution in [1.82, 2.24) is 0 Å². The number of carbonyl (C=O) groups is 1. The largest absolute Gasteiger partial charge is 0.478 e. The summed E-state index contributed by atoms with van der Waals surface area (Å²) in [6.45, 7) is 0. The van der Waals surface area contributed by atoms with Gasteiger partial charge in [-0.15, -0.1) is 0 Å². The molecule has 0 aliphatic rings. The SMILES string of the molecule is O=C(O)c1ccc(-c2ccc(/C=N\Nc3c(F)c(F)c(F)c(F)c3F)o2)cc1. The van der Waals surface area contributed by atoms with E-state index < -0.39 is 40.7 Å². The van der Waals surface area contributed by atoms with Crippen molar-refractivity contribution in [2.75, 3.05) is 5.43 Å². The first-order chi connectivity index (χ1) is 13.3.